The number of fused-ring (bicyclic) bond motifs is 1. The molecule has 2 aromatic heterocycles. The van der Waals surface area contributed by atoms with Gasteiger partial charge in [-0.2, -0.15) is 4.98 Å². The Balaban J connectivity index is 2.72. The predicted octanol–water partition coefficient (Wildman–Crippen LogP) is 1.15. The van der Waals surface area contributed by atoms with Crippen molar-refractivity contribution in [2.24, 2.45) is 0 Å². The Bertz CT molecular complexity index is 546. The number of aromatic nitrogens is 2. The Morgan fingerprint density at radius 1 is 1.64 bits per heavy atom. The highest BCUT2D eigenvalue weighted by Crippen LogP contribution is 2.25. The summed E-state index contributed by atoms with van der Waals surface area (Å²) in [7, 11) is 0. The van der Waals surface area contributed by atoms with Gasteiger partial charge in [0, 0.05) is 18.7 Å². The quantitative estimate of drug-likeness (QED) is 0.725. The van der Waals surface area contributed by atoms with Gasteiger partial charge in [-0.15, -0.1) is 0 Å². The molecule has 0 spiro atoms. The van der Waals surface area contributed by atoms with Crippen LogP contribution in [0.5, 0.6) is 0 Å². The lowest BCUT2D eigenvalue weighted by Gasteiger charge is -1.91. The second-order valence-corrected chi connectivity index (χ2v) is 4.03. The number of carbonyl (C=O) groups is 1. The fourth-order valence-electron chi connectivity index (χ4n) is 1.10. The molecule has 0 saturated heterocycles. The molecule has 2 rings (SSSR count). The van der Waals surface area contributed by atoms with E-state index < -0.39 is 0 Å². The van der Waals surface area contributed by atoms with Crippen LogP contribution >= 0.6 is 22.9 Å². The molecule has 0 atom stereocenters. The van der Waals surface area contributed by atoms with Crippen LogP contribution < -0.4 is 5.56 Å². The largest absolute Gasteiger partial charge is 0.303 e. The summed E-state index contributed by atoms with van der Waals surface area (Å²) in [5.41, 5.74) is -0.305. The highest BCUT2D eigenvalue weighted by molar-refractivity contribution is 7.17. The van der Waals surface area contributed by atoms with Gasteiger partial charge in [-0.05, 0) is 0 Å². The summed E-state index contributed by atoms with van der Waals surface area (Å²) in [4.78, 5) is 26.3. The van der Waals surface area contributed by atoms with Crippen molar-refractivity contribution in [2.45, 2.75) is 6.42 Å². The van der Waals surface area contributed by atoms with E-state index in [2.05, 4.69) is 4.98 Å². The number of halogens is 1. The number of hydrogen-bond acceptors (Lipinski definition) is 4. The van der Waals surface area contributed by atoms with E-state index in [0.29, 0.717) is 10.1 Å². The standard InChI is InChI=1S/C8H5ClN2O2S/c9-7-5(2-4-12)14-8-10-6(13)1-3-11(7)8/h1,3-4H,2H2. The Morgan fingerprint density at radius 3 is 3.14 bits per heavy atom. The molecule has 0 saturated carbocycles. The van der Waals surface area contributed by atoms with Crippen LogP contribution in [0.15, 0.2) is 17.1 Å². The zero-order valence-electron chi connectivity index (χ0n) is 6.94. The van der Waals surface area contributed by atoms with Gasteiger partial charge >= 0.3 is 0 Å². The first-order chi connectivity index (χ1) is 6.72. The fraction of sp³-hybridized carbons (Fsp3) is 0.125. The monoisotopic (exact) mass is 228 g/mol. The number of hydrogen-bond donors (Lipinski definition) is 0. The third kappa shape index (κ3) is 1.44. The van der Waals surface area contributed by atoms with Crippen molar-refractivity contribution in [2.75, 3.05) is 0 Å². The summed E-state index contributed by atoms with van der Waals surface area (Å²) in [6.07, 6.45) is 2.58. The smallest absolute Gasteiger partial charge is 0.273 e. The molecule has 0 radical (unpaired) electrons. The van der Waals surface area contributed by atoms with Crippen LogP contribution in [0.4, 0.5) is 0 Å². The average Bonchev–Trinajstić information content (AvgIpc) is 2.44. The maximum Gasteiger partial charge on any atom is 0.273 e. The Kier molecular flexibility index (Phi) is 2.35. The molecular formula is C8H5ClN2O2S. The van der Waals surface area contributed by atoms with Gasteiger partial charge in [-0.1, -0.05) is 22.9 Å². The van der Waals surface area contributed by atoms with E-state index in [9.17, 15) is 9.59 Å². The molecular weight excluding hydrogens is 224 g/mol. The highest BCUT2D eigenvalue weighted by Gasteiger charge is 2.09. The van der Waals surface area contributed by atoms with Crippen molar-refractivity contribution in [1.82, 2.24) is 9.38 Å². The number of nitrogens with zero attached hydrogens (tertiary/aromatic N) is 2. The van der Waals surface area contributed by atoms with Crippen molar-refractivity contribution in [3.05, 3.63) is 32.6 Å². The van der Waals surface area contributed by atoms with Crippen molar-refractivity contribution in [3.63, 3.8) is 0 Å². The van der Waals surface area contributed by atoms with Gasteiger partial charge in [0.2, 0.25) is 0 Å². The summed E-state index contributed by atoms with van der Waals surface area (Å²) in [6.45, 7) is 0. The molecule has 2 heterocycles. The highest BCUT2D eigenvalue weighted by atomic mass is 35.5. The van der Waals surface area contributed by atoms with Gasteiger partial charge in [-0.3, -0.25) is 9.20 Å². The average molecular weight is 229 g/mol. The first kappa shape index (κ1) is 9.36. The van der Waals surface area contributed by atoms with E-state index in [0.717, 1.165) is 11.2 Å². The number of carbonyl (C=O) groups excluding carboxylic acids is 1. The third-order valence-electron chi connectivity index (χ3n) is 1.70. The topological polar surface area (TPSA) is 51.4 Å². The zero-order valence-corrected chi connectivity index (χ0v) is 8.51. The third-order valence-corrected chi connectivity index (χ3v) is 3.30. The molecule has 2 aromatic rings. The lowest BCUT2D eigenvalue weighted by Crippen LogP contribution is -2.04. The van der Waals surface area contributed by atoms with Gasteiger partial charge in [0.15, 0.2) is 4.96 Å². The fourth-order valence-corrected chi connectivity index (χ4v) is 2.42. The van der Waals surface area contributed by atoms with Crippen LogP contribution in [0.25, 0.3) is 4.96 Å². The number of aldehydes is 1. The maximum atomic E-state index is 10.9. The molecule has 14 heavy (non-hydrogen) atoms. The Hall–Kier alpha value is -1.20. The van der Waals surface area contributed by atoms with Gasteiger partial charge < -0.3 is 4.79 Å². The molecule has 6 heteroatoms. The van der Waals surface area contributed by atoms with Gasteiger partial charge in [0.05, 0.1) is 4.88 Å². The van der Waals surface area contributed by atoms with Crippen molar-refractivity contribution in [1.29, 1.82) is 0 Å². The lowest BCUT2D eigenvalue weighted by molar-refractivity contribution is -0.107. The second kappa shape index (κ2) is 3.51. The Morgan fingerprint density at radius 2 is 2.43 bits per heavy atom. The van der Waals surface area contributed by atoms with Crippen LogP contribution in [0.2, 0.25) is 5.15 Å². The number of rotatable bonds is 2. The minimum absolute atomic E-state index is 0.251. The molecule has 0 aromatic carbocycles. The molecule has 0 bridgehead atoms. The minimum Gasteiger partial charge on any atom is -0.303 e. The van der Waals surface area contributed by atoms with E-state index in [1.165, 1.54) is 17.4 Å². The van der Waals surface area contributed by atoms with Crippen molar-refractivity contribution < 1.29 is 4.79 Å². The number of thiazole rings is 1. The first-order valence-corrected chi connectivity index (χ1v) is 5.02. The van der Waals surface area contributed by atoms with E-state index in [1.807, 2.05) is 0 Å². The SMILES string of the molecule is O=CCc1sc2nc(=O)ccn2c1Cl. The van der Waals surface area contributed by atoms with Crippen LogP contribution in [-0.4, -0.2) is 15.7 Å². The van der Waals surface area contributed by atoms with E-state index in [4.69, 9.17) is 11.6 Å². The summed E-state index contributed by atoms with van der Waals surface area (Å²) in [5, 5.41) is 0.449. The molecule has 0 amide bonds. The van der Waals surface area contributed by atoms with E-state index >= 15 is 0 Å². The van der Waals surface area contributed by atoms with Crippen LogP contribution in [0, 0.1) is 0 Å². The molecule has 4 nitrogen and oxygen atoms in total. The van der Waals surface area contributed by atoms with Crippen molar-refractivity contribution in [3.8, 4) is 0 Å². The Labute approximate surface area is 87.8 Å². The van der Waals surface area contributed by atoms with Crippen LogP contribution in [0.1, 0.15) is 4.88 Å². The minimum atomic E-state index is -0.305. The molecule has 72 valence electrons. The van der Waals surface area contributed by atoms with Gasteiger partial charge in [0.1, 0.15) is 11.4 Å². The summed E-state index contributed by atoms with van der Waals surface area (Å²) in [5.74, 6) is 0. The van der Waals surface area contributed by atoms with Crippen LogP contribution in [-0.2, 0) is 11.2 Å². The zero-order chi connectivity index (χ0) is 10.1. The normalized spacial score (nSPS) is 10.6. The predicted molar refractivity (Wildman–Crippen MR) is 54.1 cm³/mol. The molecule has 0 unspecified atom stereocenters. The van der Waals surface area contributed by atoms with Crippen molar-refractivity contribution >= 4 is 34.2 Å². The molecule has 0 aliphatic heterocycles. The molecule has 0 aliphatic carbocycles. The van der Waals surface area contributed by atoms with E-state index in [1.54, 1.807) is 10.6 Å². The molecule has 0 aliphatic rings. The lowest BCUT2D eigenvalue weighted by atomic mass is 10.4. The van der Waals surface area contributed by atoms with Crippen LogP contribution in [0.3, 0.4) is 0 Å². The first-order valence-electron chi connectivity index (χ1n) is 3.82. The summed E-state index contributed by atoms with van der Waals surface area (Å²) < 4.78 is 1.59. The molecule has 0 N–H and O–H groups in total. The van der Waals surface area contributed by atoms with Gasteiger partial charge in [-0.25, -0.2) is 0 Å². The maximum absolute atomic E-state index is 10.9. The summed E-state index contributed by atoms with van der Waals surface area (Å²) >= 11 is 7.21. The molecule has 0 fully saturated rings. The second-order valence-electron chi connectivity index (χ2n) is 2.61. The van der Waals surface area contributed by atoms with E-state index in [-0.39, 0.29) is 12.0 Å². The van der Waals surface area contributed by atoms with Gasteiger partial charge in [0.25, 0.3) is 5.56 Å². The summed E-state index contributed by atoms with van der Waals surface area (Å²) in [6, 6.07) is 1.33.